The van der Waals surface area contributed by atoms with Gasteiger partial charge in [-0.2, -0.15) is 0 Å². The maximum atomic E-state index is 12.9. The average Bonchev–Trinajstić information content (AvgIpc) is 3.33. The maximum Gasteiger partial charge on any atom is 0.251 e. The fourth-order valence-electron chi connectivity index (χ4n) is 5.13. The first-order valence-electron chi connectivity index (χ1n) is 11.7. The lowest BCUT2D eigenvalue weighted by molar-refractivity contribution is 0.493. The monoisotopic (exact) mass is 473 g/mol. The van der Waals surface area contributed by atoms with Gasteiger partial charge in [0.25, 0.3) is 5.56 Å². The van der Waals surface area contributed by atoms with E-state index >= 15 is 0 Å². The highest BCUT2D eigenvalue weighted by molar-refractivity contribution is 5.95. The van der Waals surface area contributed by atoms with Crippen LogP contribution in [0.15, 0.2) is 90.1 Å². The molecule has 0 spiro atoms. The van der Waals surface area contributed by atoms with E-state index in [1.165, 1.54) is 0 Å². The van der Waals surface area contributed by atoms with Crippen molar-refractivity contribution in [3.05, 3.63) is 129 Å². The number of aromatic nitrogens is 3. The van der Waals surface area contributed by atoms with Crippen LogP contribution in [0.1, 0.15) is 22.4 Å². The van der Waals surface area contributed by atoms with E-state index in [0.717, 1.165) is 44.4 Å². The van der Waals surface area contributed by atoms with Gasteiger partial charge in [0, 0.05) is 25.5 Å². The molecule has 6 nitrogen and oxygen atoms in total. The lowest BCUT2D eigenvalue weighted by Gasteiger charge is -2.35. The molecule has 0 saturated heterocycles. The summed E-state index contributed by atoms with van der Waals surface area (Å²) in [6.07, 6.45) is 3.66. The van der Waals surface area contributed by atoms with Crippen LogP contribution in [-0.2, 0) is 19.6 Å². The van der Waals surface area contributed by atoms with Crippen molar-refractivity contribution in [1.29, 1.82) is 0 Å². The van der Waals surface area contributed by atoms with Gasteiger partial charge in [-0.05, 0) is 48.4 Å². The molecule has 1 atom stereocenters. The minimum Gasteiger partial charge on any atom is -0.335 e. The zero-order valence-corrected chi connectivity index (χ0v) is 20.8. The minimum atomic E-state index is -0.738. The lowest BCUT2D eigenvalue weighted by atomic mass is 9.79. The third kappa shape index (κ3) is 3.62. The number of aryl methyl sites for hydroxylation is 3. The molecule has 0 bridgehead atoms. The Labute approximate surface area is 210 Å². The van der Waals surface area contributed by atoms with Crippen LogP contribution in [-0.4, -0.2) is 21.2 Å². The van der Waals surface area contributed by atoms with Crippen molar-refractivity contribution in [2.75, 3.05) is 7.05 Å². The van der Waals surface area contributed by atoms with Crippen molar-refractivity contribution in [2.45, 2.75) is 12.5 Å². The van der Waals surface area contributed by atoms with E-state index < -0.39 is 5.54 Å². The molecule has 2 heterocycles. The van der Waals surface area contributed by atoms with Crippen LogP contribution < -0.4 is 10.9 Å². The number of nitrogens with one attached hydrogen (secondary N) is 1. The Morgan fingerprint density at radius 1 is 0.972 bits per heavy atom. The molecule has 6 heteroatoms. The Morgan fingerprint density at radius 2 is 1.72 bits per heavy atom. The fraction of sp³-hybridized carbons (Fsp3) is 0.167. The highest BCUT2D eigenvalue weighted by Gasteiger charge is 2.37. The van der Waals surface area contributed by atoms with Crippen molar-refractivity contribution < 1.29 is 0 Å². The normalized spacial score (nSPS) is 12.9. The molecule has 3 aromatic carbocycles. The van der Waals surface area contributed by atoms with Gasteiger partial charge in [-0.3, -0.25) is 4.79 Å². The number of fused-ring (bicyclic) bond motifs is 1. The SMILES string of the molecule is [C-]#[N+]c1ccc([C@@](NC)(c2ccc3c(c2)c(-c2cccc(C)c2)cc(=O)n3C)c2cncn2C)cc1. The highest BCUT2D eigenvalue weighted by atomic mass is 16.1. The molecule has 1 N–H and O–H groups in total. The number of hydrogen-bond acceptors (Lipinski definition) is 3. The number of imidazole rings is 1. The molecule has 5 rings (SSSR count). The zero-order chi connectivity index (χ0) is 25.4. The molecule has 0 aliphatic rings. The molecule has 0 radical (unpaired) electrons. The Hall–Kier alpha value is -4.47. The van der Waals surface area contributed by atoms with Crippen LogP contribution in [0, 0.1) is 13.5 Å². The topological polar surface area (TPSA) is 56.2 Å². The maximum absolute atomic E-state index is 12.9. The van der Waals surface area contributed by atoms with Gasteiger partial charge < -0.3 is 14.5 Å². The van der Waals surface area contributed by atoms with Crippen LogP contribution in [0.25, 0.3) is 26.9 Å². The smallest absolute Gasteiger partial charge is 0.251 e. The van der Waals surface area contributed by atoms with Gasteiger partial charge in [-0.15, -0.1) is 0 Å². The lowest BCUT2D eigenvalue weighted by Crippen LogP contribution is -2.43. The van der Waals surface area contributed by atoms with Crippen molar-refractivity contribution >= 4 is 16.6 Å². The van der Waals surface area contributed by atoms with Crippen LogP contribution in [0.2, 0.25) is 0 Å². The number of hydrogen-bond donors (Lipinski definition) is 1. The Bertz CT molecular complexity index is 1690. The molecule has 0 unspecified atom stereocenters. The van der Waals surface area contributed by atoms with Crippen molar-refractivity contribution in [2.24, 2.45) is 14.1 Å². The summed E-state index contributed by atoms with van der Waals surface area (Å²) in [7, 11) is 5.72. The summed E-state index contributed by atoms with van der Waals surface area (Å²) in [4.78, 5) is 20.9. The first-order valence-corrected chi connectivity index (χ1v) is 11.7. The zero-order valence-electron chi connectivity index (χ0n) is 20.8. The molecule has 2 aromatic heterocycles. The summed E-state index contributed by atoms with van der Waals surface area (Å²) < 4.78 is 3.69. The average molecular weight is 474 g/mol. The molecule has 36 heavy (non-hydrogen) atoms. The molecule has 0 saturated carbocycles. The standard InChI is InChI=1S/C30H27N5O/c1-20-7-6-8-21(15-20)25-17-29(36)35(5)27-14-11-23(16-26(25)27)30(32-3,28-18-33-19-34(28)4)22-9-12-24(31-2)13-10-22/h6-19,32H,1,3-5H3/t30-/m1/s1. The fourth-order valence-corrected chi connectivity index (χ4v) is 5.13. The quantitative estimate of drug-likeness (QED) is 0.352. The van der Waals surface area contributed by atoms with Gasteiger partial charge in [0.05, 0.1) is 30.3 Å². The molecule has 0 aliphatic heterocycles. The van der Waals surface area contributed by atoms with Gasteiger partial charge >= 0.3 is 0 Å². The Balaban J connectivity index is 1.86. The number of nitrogens with zero attached hydrogens (tertiary/aromatic N) is 4. The second-order valence-electron chi connectivity index (χ2n) is 9.11. The van der Waals surface area contributed by atoms with E-state index in [1.54, 1.807) is 24.0 Å². The third-order valence-corrected chi connectivity index (χ3v) is 7.01. The van der Waals surface area contributed by atoms with Gasteiger partial charge in [-0.25, -0.2) is 9.83 Å². The summed E-state index contributed by atoms with van der Waals surface area (Å²) >= 11 is 0. The number of rotatable bonds is 5. The molecule has 0 fully saturated rings. The van der Waals surface area contributed by atoms with Gasteiger partial charge in [-0.1, -0.05) is 60.2 Å². The highest BCUT2D eigenvalue weighted by Crippen LogP contribution is 2.39. The largest absolute Gasteiger partial charge is 0.335 e. The van der Waals surface area contributed by atoms with Gasteiger partial charge in [0.15, 0.2) is 5.69 Å². The summed E-state index contributed by atoms with van der Waals surface area (Å²) in [5, 5.41) is 4.57. The third-order valence-electron chi connectivity index (χ3n) is 7.01. The molecule has 0 amide bonds. The van der Waals surface area contributed by atoms with E-state index in [-0.39, 0.29) is 5.56 Å². The molecular formula is C30H27N5O. The van der Waals surface area contributed by atoms with E-state index in [9.17, 15) is 4.79 Å². The Kier molecular flexibility index (Phi) is 5.79. The van der Waals surface area contributed by atoms with Crippen molar-refractivity contribution in [3.8, 4) is 11.1 Å². The number of pyridine rings is 1. The summed E-state index contributed by atoms with van der Waals surface area (Å²) in [5.74, 6) is 0. The first kappa shape index (κ1) is 23.3. The van der Waals surface area contributed by atoms with Crippen LogP contribution >= 0.6 is 0 Å². The molecule has 0 aliphatic carbocycles. The Morgan fingerprint density at radius 3 is 2.36 bits per heavy atom. The summed E-state index contributed by atoms with van der Waals surface area (Å²) in [5.41, 5.74) is 6.66. The van der Waals surface area contributed by atoms with Crippen LogP contribution in [0.4, 0.5) is 5.69 Å². The van der Waals surface area contributed by atoms with Gasteiger partial charge in [0.1, 0.15) is 5.54 Å². The molecular weight excluding hydrogens is 446 g/mol. The second-order valence-corrected chi connectivity index (χ2v) is 9.11. The summed E-state index contributed by atoms with van der Waals surface area (Å²) in [6.45, 7) is 9.42. The molecule has 178 valence electrons. The first-order chi connectivity index (χ1) is 17.4. The second kappa shape index (κ2) is 8.95. The van der Waals surface area contributed by atoms with Gasteiger partial charge in [0.2, 0.25) is 0 Å². The number of benzene rings is 3. The van der Waals surface area contributed by atoms with E-state index in [2.05, 4.69) is 46.3 Å². The van der Waals surface area contributed by atoms with Crippen LogP contribution in [0.3, 0.4) is 0 Å². The van der Waals surface area contributed by atoms with E-state index in [1.807, 2.05) is 67.3 Å². The predicted molar refractivity (Wildman–Crippen MR) is 144 cm³/mol. The van der Waals surface area contributed by atoms with Crippen molar-refractivity contribution in [3.63, 3.8) is 0 Å². The summed E-state index contributed by atoms with van der Waals surface area (Å²) in [6, 6.07) is 23.8. The molecule has 5 aromatic rings. The van der Waals surface area contributed by atoms with E-state index in [4.69, 9.17) is 6.57 Å². The minimum absolute atomic E-state index is 0.0481. The predicted octanol–water partition coefficient (Wildman–Crippen LogP) is 5.31. The van der Waals surface area contributed by atoms with E-state index in [0.29, 0.717) is 5.69 Å². The van der Waals surface area contributed by atoms with Crippen molar-refractivity contribution in [1.82, 2.24) is 19.4 Å². The van der Waals surface area contributed by atoms with Crippen LogP contribution in [0.5, 0.6) is 0 Å².